The molecule has 2 aliphatic carbocycles. The highest BCUT2D eigenvalue weighted by atomic mass is 16.5. The molecule has 0 saturated heterocycles. The second-order valence-electron chi connectivity index (χ2n) is 6.07. The van der Waals surface area contributed by atoms with Gasteiger partial charge in [-0.1, -0.05) is 29.8 Å². The number of hydrogen-bond donors (Lipinski definition) is 1. The van der Waals surface area contributed by atoms with E-state index in [4.69, 9.17) is 4.74 Å². The highest BCUT2D eigenvalue weighted by Crippen LogP contribution is 2.40. The van der Waals surface area contributed by atoms with Crippen molar-refractivity contribution >= 4 is 0 Å². The lowest BCUT2D eigenvalue weighted by atomic mass is 9.75. The first-order chi connectivity index (χ1) is 9.86. The van der Waals surface area contributed by atoms with Crippen molar-refractivity contribution in [1.82, 2.24) is 5.32 Å². The van der Waals surface area contributed by atoms with E-state index in [1.54, 1.807) is 12.7 Å². The van der Waals surface area contributed by atoms with Crippen LogP contribution >= 0.6 is 0 Å². The van der Waals surface area contributed by atoms with Crippen LogP contribution in [0.25, 0.3) is 0 Å². The second kappa shape index (κ2) is 6.45. The molecule has 0 aliphatic heterocycles. The lowest BCUT2D eigenvalue weighted by molar-refractivity contribution is 0.284. The Hall–Kier alpha value is -1.28. The van der Waals surface area contributed by atoms with Crippen molar-refractivity contribution in [3.63, 3.8) is 0 Å². The van der Waals surface area contributed by atoms with Gasteiger partial charge >= 0.3 is 0 Å². The maximum absolute atomic E-state index is 5.46. The smallest absolute Gasteiger partial charge is 0.122 e. The average molecular weight is 271 g/mol. The highest BCUT2D eigenvalue weighted by Gasteiger charge is 2.31. The fourth-order valence-electron chi connectivity index (χ4n) is 3.44. The van der Waals surface area contributed by atoms with E-state index < -0.39 is 0 Å². The van der Waals surface area contributed by atoms with Crippen molar-refractivity contribution in [3.05, 3.63) is 41.5 Å². The maximum Gasteiger partial charge on any atom is 0.122 e. The Morgan fingerprint density at radius 2 is 2.10 bits per heavy atom. The number of rotatable bonds is 6. The fraction of sp³-hybridized carbons (Fsp3) is 0.556. The Morgan fingerprint density at radius 3 is 2.85 bits per heavy atom. The van der Waals surface area contributed by atoms with Crippen LogP contribution in [0, 0.1) is 0 Å². The van der Waals surface area contributed by atoms with Crippen LogP contribution in [0.5, 0.6) is 5.75 Å². The molecule has 0 amide bonds. The van der Waals surface area contributed by atoms with Crippen molar-refractivity contribution in [2.45, 2.75) is 50.5 Å². The molecule has 0 heterocycles. The molecule has 1 aromatic rings. The molecule has 2 aliphatic rings. The number of para-hydroxylation sites is 1. The molecule has 0 radical (unpaired) electrons. The van der Waals surface area contributed by atoms with Crippen LogP contribution in [0.4, 0.5) is 0 Å². The Bertz CT molecular complexity index is 474. The molecule has 0 spiro atoms. The van der Waals surface area contributed by atoms with Gasteiger partial charge in [0.15, 0.2) is 0 Å². The SMILES string of the molecule is COc1ccccc1C1CC(NCCC2=CCCC2)C1. The van der Waals surface area contributed by atoms with Gasteiger partial charge in [0, 0.05) is 6.04 Å². The van der Waals surface area contributed by atoms with Crippen LogP contribution in [-0.4, -0.2) is 19.7 Å². The third kappa shape index (κ3) is 3.06. The minimum absolute atomic E-state index is 0.675. The molecular weight excluding hydrogens is 246 g/mol. The molecule has 108 valence electrons. The summed E-state index contributed by atoms with van der Waals surface area (Å²) in [5.41, 5.74) is 3.05. The van der Waals surface area contributed by atoms with E-state index in [-0.39, 0.29) is 0 Å². The van der Waals surface area contributed by atoms with Crippen molar-refractivity contribution in [3.8, 4) is 5.75 Å². The number of ether oxygens (including phenoxy) is 1. The van der Waals surface area contributed by atoms with E-state index in [9.17, 15) is 0 Å². The van der Waals surface area contributed by atoms with Gasteiger partial charge in [0.05, 0.1) is 7.11 Å². The van der Waals surface area contributed by atoms with Gasteiger partial charge in [-0.15, -0.1) is 0 Å². The number of allylic oxidation sites excluding steroid dienone is 1. The number of nitrogens with one attached hydrogen (secondary N) is 1. The van der Waals surface area contributed by atoms with E-state index in [1.165, 1.54) is 44.1 Å². The zero-order chi connectivity index (χ0) is 13.8. The summed E-state index contributed by atoms with van der Waals surface area (Å²) in [6.07, 6.45) is 10.2. The average Bonchev–Trinajstić information content (AvgIpc) is 2.94. The highest BCUT2D eigenvalue weighted by molar-refractivity contribution is 5.37. The van der Waals surface area contributed by atoms with Crippen LogP contribution in [0.2, 0.25) is 0 Å². The quantitative estimate of drug-likeness (QED) is 0.789. The molecule has 0 unspecified atom stereocenters. The van der Waals surface area contributed by atoms with Gasteiger partial charge in [-0.2, -0.15) is 0 Å². The van der Waals surface area contributed by atoms with Crippen LogP contribution in [0.1, 0.15) is 50.0 Å². The third-order valence-electron chi connectivity index (χ3n) is 4.73. The van der Waals surface area contributed by atoms with E-state index in [0.29, 0.717) is 12.0 Å². The lowest BCUT2D eigenvalue weighted by Crippen LogP contribution is -2.40. The normalized spacial score (nSPS) is 25.1. The van der Waals surface area contributed by atoms with Gasteiger partial charge < -0.3 is 10.1 Å². The zero-order valence-electron chi connectivity index (χ0n) is 12.4. The zero-order valence-corrected chi connectivity index (χ0v) is 12.4. The molecule has 20 heavy (non-hydrogen) atoms. The van der Waals surface area contributed by atoms with Crippen molar-refractivity contribution in [2.24, 2.45) is 0 Å². The maximum atomic E-state index is 5.46. The molecule has 0 aromatic heterocycles. The summed E-state index contributed by atoms with van der Waals surface area (Å²) in [6, 6.07) is 9.15. The van der Waals surface area contributed by atoms with Gasteiger partial charge in [0.1, 0.15) is 5.75 Å². The molecular formula is C18H25NO. The summed E-state index contributed by atoms with van der Waals surface area (Å²) in [6.45, 7) is 1.15. The summed E-state index contributed by atoms with van der Waals surface area (Å²) in [4.78, 5) is 0. The summed E-state index contributed by atoms with van der Waals surface area (Å²) in [5, 5.41) is 3.70. The molecule has 0 atom stereocenters. The Balaban J connectivity index is 1.42. The molecule has 1 N–H and O–H groups in total. The molecule has 1 saturated carbocycles. The van der Waals surface area contributed by atoms with E-state index >= 15 is 0 Å². The molecule has 1 aromatic carbocycles. The third-order valence-corrected chi connectivity index (χ3v) is 4.73. The first kappa shape index (κ1) is 13.7. The van der Waals surface area contributed by atoms with Crippen LogP contribution in [0.3, 0.4) is 0 Å². The van der Waals surface area contributed by atoms with Gasteiger partial charge in [-0.05, 0) is 62.6 Å². The van der Waals surface area contributed by atoms with Crippen LogP contribution in [-0.2, 0) is 0 Å². The minimum Gasteiger partial charge on any atom is -0.496 e. The Labute approximate surface area is 122 Å². The first-order valence-electron chi connectivity index (χ1n) is 7.91. The van der Waals surface area contributed by atoms with Gasteiger partial charge in [0.2, 0.25) is 0 Å². The van der Waals surface area contributed by atoms with Gasteiger partial charge in [-0.3, -0.25) is 0 Å². The topological polar surface area (TPSA) is 21.3 Å². The van der Waals surface area contributed by atoms with E-state index in [0.717, 1.165) is 12.3 Å². The molecule has 0 bridgehead atoms. The summed E-state index contributed by atoms with van der Waals surface area (Å²) < 4.78 is 5.46. The van der Waals surface area contributed by atoms with E-state index in [1.807, 2.05) is 6.07 Å². The first-order valence-corrected chi connectivity index (χ1v) is 7.91. The van der Waals surface area contributed by atoms with Crippen LogP contribution in [0.15, 0.2) is 35.9 Å². The predicted molar refractivity (Wildman–Crippen MR) is 83.3 cm³/mol. The van der Waals surface area contributed by atoms with Gasteiger partial charge in [-0.25, -0.2) is 0 Å². The number of benzene rings is 1. The van der Waals surface area contributed by atoms with Crippen molar-refractivity contribution in [1.29, 1.82) is 0 Å². The Kier molecular flexibility index (Phi) is 4.41. The fourth-order valence-corrected chi connectivity index (χ4v) is 3.44. The number of methoxy groups -OCH3 is 1. The van der Waals surface area contributed by atoms with Crippen molar-refractivity contribution in [2.75, 3.05) is 13.7 Å². The standard InChI is InChI=1S/C18H25NO/c1-20-18-9-5-4-8-17(18)15-12-16(13-15)19-11-10-14-6-2-3-7-14/h4-6,8-9,15-16,19H,2-3,7,10-13H2,1H3. The molecule has 3 rings (SSSR count). The monoisotopic (exact) mass is 271 g/mol. The molecule has 1 fully saturated rings. The molecule has 2 nitrogen and oxygen atoms in total. The number of hydrogen-bond acceptors (Lipinski definition) is 2. The minimum atomic E-state index is 0.675. The second-order valence-corrected chi connectivity index (χ2v) is 6.07. The largest absolute Gasteiger partial charge is 0.496 e. The van der Waals surface area contributed by atoms with Gasteiger partial charge in [0.25, 0.3) is 0 Å². The lowest BCUT2D eigenvalue weighted by Gasteiger charge is -2.37. The van der Waals surface area contributed by atoms with Crippen molar-refractivity contribution < 1.29 is 4.74 Å². The predicted octanol–water partition coefficient (Wildman–Crippen LogP) is 4.03. The van der Waals surface area contributed by atoms with E-state index in [2.05, 4.69) is 29.6 Å². The Morgan fingerprint density at radius 1 is 1.25 bits per heavy atom. The molecule has 2 heteroatoms. The summed E-state index contributed by atoms with van der Waals surface area (Å²) in [7, 11) is 1.77. The summed E-state index contributed by atoms with van der Waals surface area (Å²) >= 11 is 0. The van der Waals surface area contributed by atoms with Crippen LogP contribution < -0.4 is 10.1 Å². The summed E-state index contributed by atoms with van der Waals surface area (Å²) in [5.74, 6) is 1.72.